The van der Waals surface area contributed by atoms with Gasteiger partial charge >= 0.3 is 5.97 Å². The summed E-state index contributed by atoms with van der Waals surface area (Å²) in [5.41, 5.74) is 1.12. The summed E-state index contributed by atoms with van der Waals surface area (Å²) in [6.07, 6.45) is -1.64. The number of hydrogen-bond donors (Lipinski definition) is 2. The lowest BCUT2D eigenvalue weighted by atomic mass is 9.66. The number of amides is 1. The van der Waals surface area contributed by atoms with Crippen molar-refractivity contribution in [1.82, 2.24) is 5.32 Å². The van der Waals surface area contributed by atoms with E-state index in [1.807, 2.05) is 19.9 Å². The average Bonchev–Trinajstić information content (AvgIpc) is 3.52. The van der Waals surface area contributed by atoms with E-state index in [1.54, 1.807) is 30.3 Å². The van der Waals surface area contributed by atoms with Crippen LogP contribution in [0, 0.1) is 5.92 Å². The zero-order valence-corrected chi connectivity index (χ0v) is 26.1. The van der Waals surface area contributed by atoms with Crippen molar-refractivity contribution >= 4 is 20.2 Å². The molecule has 42 heavy (non-hydrogen) atoms. The van der Waals surface area contributed by atoms with Gasteiger partial charge in [-0.3, -0.25) is 4.79 Å². The predicted octanol–water partition coefficient (Wildman–Crippen LogP) is 4.71. The molecule has 0 unspecified atom stereocenters. The summed E-state index contributed by atoms with van der Waals surface area (Å²) in [6.45, 7) is 14.4. The summed E-state index contributed by atoms with van der Waals surface area (Å²) < 4.78 is 37.2. The first kappa shape index (κ1) is 29.0. The van der Waals surface area contributed by atoms with Gasteiger partial charge in [-0.2, -0.15) is 0 Å². The smallest absolute Gasteiger partial charge is 0.338 e. The van der Waals surface area contributed by atoms with Crippen LogP contribution in [0.3, 0.4) is 0 Å². The number of carbonyl (C=O) groups excluding carboxylic acids is 2. The van der Waals surface area contributed by atoms with Crippen LogP contribution in [0.5, 0.6) is 17.2 Å². The Kier molecular flexibility index (Phi) is 6.88. The number of ether oxygens (including phenoxy) is 5. The van der Waals surface area contributed by atoms with Crippen molar-refractivity contribution in [3.63, 3.8) is 0 Å². The lowest BCUT2D eigenvalue weighted by molar-refractivity contribution is -0.155. The Morgan fingerprint density at radius 1 is 1.12 bits per heavy atom. The minimum absolute atomic E-state index is 0.00823. The number of rotatable bonds is 5. The van der Waals surface area contributed by atoms with Gasteiger partial charge < -0.3 is 38.5 Å². The highest BCUT2D eigenvalue weighted by Gasteiger charge is 2.62. The van der Waals surface area contributed by atoms with Crippen molar-refractivity contribution in [3.8, 4) is 17.2 Å². The van der Waals surface area contributed by atoms with E-state index in [4.69, 9.17) is 28.1 Å². The zero-order chi connectivity index (χ0) is 30.2. The maximum Gasteiger partial charge on any atom is 0.338 e. The molecule has 0 aromatic heterocycles. The van der Waals surface area contributed by atoms with Crippen LogP contribution >= 0.6 is 0 Å². The van der Waals surface area contributed by atoms with Crippen LogP contribution in [-0.4, -0.2) is 68.8 Å². The number of nitrogens with one attached hydrogen (secondary N) is 1. The molecule has 3 heterocycles. The Labute approximate surface area is 246 Å². The fraction of sp³-hybridized carbons (Fsp3) is 0.548. The molecule has 1 saturated carbocycles. The molecule has 0 spiro atoms. The molecule has 2 fully saturated rings. The number of esters is 1. The molecule has 2 aromatic rings. The molecule has 1 saturated heterocycles. The Morgan fingerprint density at radius 2 is 1.81 bits per heavy atom. The highest BCUT2D eigenvalue weighted by molar-refractivity contribution is 6.74. The Bertz CT molecular complexity index is 1400. The molecule has 0 radical (unpaired) electrons. The maximum atomic E-state index is 13.5. The van der Waals surface area contributed by atoms with Crippen molar-refractivity contribution in [1.29, 1.82) is 0 Å². The van der Waals surface area contributed by atoms with Crippen molar-refractivity contribution in [2.24, 2.45) is 5.92 Å². The van der Waals surface area contributed by atoms with Gasteiger partial charge in [-0.1, -0.05) is 39.0 Å². The summed E-state index contributed by atoms with van der Waals surface area (Å²) in [7, 11) is -2.41. The first-order valence-electron chi connectivity index (χ1n) is 14.4. The summed E-state index contributed by atoms with van der Waals surface area (Å²) in [6, 6.07) is 10.0. The van der Waals surface area contributed by atoms with E-state index in [9.17, 15) is 14.7 Å². The molecule has 6 rings (SSSR count). The Morgan fingerprint density at radius 3 is 2.50 bits per heavy atom. The third kappa shape index (κ3) is 4.76. The first-order chi connectivity index (χ1) is 19.7. The lowest BCUT2D eigenvalue weighted by Crippen LogP contribution is -2.66. The normalized spacial score (nSPS) is 29.3. The summed E-state index contributed by atoms with van der Waals surface area (Å²) in [4.78, 5) is 26.7. The SMILES string of the molecule is CC1(C)O[C@@H]2[C@@H](O[Si](C)(C)C(C)(C)C)[C@H](COC(=O)c3ccccc3)[C@@H]3c4cc5c(c(O)c4C(=O)N[C@H]3[C@@H]2O1)OCO5. The Hall–Kier alpha value is -3.12. The highest BCUT2D eigenvalue weighted by Crippen LogP contribution is 2.55. The largest absolute Gasteiger partial charge is 0.504 e. The van der Waals surface area contributed by atoms with Gasteiger partial charge in [0.2, 0.25) is 12.5 Å². The number of hydrogen-bond acceptors (Lipinski definition) is 9. The van der Waals surface area contributed by atoms with Gasteiger partial charge in [0, 0.05) is 11.8 Å². The molecular weight excluding hydrogens is 558 g/mol. The quantitative estimate of drug-likeness (QED) is 0.373. The lowest BCUT2D eigenvalue weighted by Gasteiger charge is -2.52. The van der Waals surface area contributed by atoms with E-state index >= 15 is 0 Å². The monoisotopic (exact) mass is 597 g/mol. The van der Waals surface area contributed by atoms with Gasteiger partial charge in [-0.15, -0.1) is 0 Å². The molecule has 1 amide bonds. The standard InChI is InChI=1S/C31H39NO9Si/c1-30(2,3)42(6,7)41-24-18(14-36-29(35)16-11-9-8-10-12-16)20-17-13-19-25(38-15-37-19)23(33)21(17)28(34)32-22(20)26-27(24)40-31(4,5)39-26/h8-13,18,20,22,24,26-27,33H,14-15H2,1-7H3,(H,32,34)/t18-,20+,22-,24+,26+,27-/m1/s1. The van der Waals surface area contributed by atoms with Crippen molar-refractivity contribution in [3.05, 3.63) is 53.1 Å². The third-order valence-electron chi connectivity index (χ3n) is 9.32. The van der Waals surface area contributed by atoms with Gasteiger partial charge in [0.25, 0.3) is 5.91 Å². The summed E-state index contributed by atoms with van der Waals surface area (Å²) in [5, 5.41) is 14.1. The van der Waals surface area contributed by atoms with Crippen molar-refractivity contribution < 1.29 is 42.8 Å². The second kappa shape index (κ2) is 9.97. The first-order valence-corrected chi connectivity index (χ1v) is 17.3. The topological polar surface area (TPSA) is 122 Å². The molecule has 2 aromatic carbocycles. The predicted molar refractivity (Wildman–Crippen MR) is 154 cm³/mol. The molecule has 226 valence electrons. The Balaban J connectivity index is 1.48. The molecule has 10 nitrogen and oxygen atoms in total. The van der Waals surface area contributed by atoms with E-state index in [0.29, 0.717) is 16.9 Å². The molecule has 2 N–H and O–H groups in total. The third-order valence-corrected chi connectivity index (χ3v) is 13.8. The zero-order valence-electron chi connectivity index (χ0n) is 25.1. The molecule has 11 heteroatoms. The van der Waals surface area contributed by atoms with E-state index in [-0.39, 0.29) is 35.5 Å². The maximum absolute atomic E-state index is 13.5. The molecule has 3 aliphatic heterocycles. The molecule has 6 atom stereocenters. The molecular formula is C31H39NO9Si. The fourth-order valence-corrected chi connectivity index (χ4v) is 7.68. The van der Waals surface area contributed by atoms with Gasteiger partial charge in [-0.25, -0.2) is 4.79 Å². The van der Waals surface area contributed by atoms with Crippen molar-refractivity contribution in [2.75, 3.05) is 13.4 Å². The minimum atomic E-state index is -2.41. The summed E-state index contributed by atoms with van der Waals surface area (Å²) in [5.74, 6) is -2.55. The second-order valence-electron chi connectivity index (χ2n) is 13.5. The average molecular weight is 598 g/mol. The number of carbonyl (C=O) groups is 2. The van der Waals surface area contributed by atoms with Gasteiger partial charge in [-0.05, 0) is 55.7 Å². The van der Waals surface area contributed by atoms with Crippen LogP contribution in [0.1, 0.15) is 66.8 Å². The fourth-order valence-electron chi connectivity index (χ4n) is 6.33. The summed E-state index contributed by atoms with van der Waals surface area (Å²) >= 11 is 0. The van der Waals surface area contributed by atoms with Crippen LogP contribution in [0.2, 0.25) is 18.1 Å². The van der Waals surface area contributed by atoms with Crippen LogP contribution in [0.4, 0.5) is 0 Å². The highest BCUT2D eigenvalue weighted by atomic mass is 28.4. The minimum Gasteiger partial charge on any atom is -0.504 e. The molecule has 0 bridgehead atoms. The van der Waals surface area contributed by atoms with E-state index in [1.165, 1.54) is 0 Å². The van der Waals surface area contributed by atoms with Crippen molar-refractivity contribution in [2.45, 2.75) is 88.8 Å². The number of aromatic hydroxyl groups is 1. The number of fused-ring (bicyclic) bond motifs is 6. The van der Waals surface area contributed by atoms with Crippen LogP contribution in [-0.2, 0) is 18.6 Å². The van der Waals surface area contributed by atoms with Crippen LogP contribution < -0.4 is 14.8 Å². The van der Waals surface area contributed by atoms with Gasteiger partial charge in [0.1, 0.15) is 12.2 Å². The van der Waals surface area contributed by atoms with Crippen LogP contribution in [0.15, 0.2) is 36.4 Å². The molecule has 4 aliphatic rings. The van der Waals surface area contributed by atoms with E-state index in [2.05, 4.69) is 39.2 Å². The number of benzene rings is 2. The van der Waals surface area contributed by atoms with E-state index < -0.39 is 62.2 Å². The number of phenolic OH excluding ortho intramolecular Hbond substituents is 1. The molecule has 1 aliphatic carbocycles. The van der Waals surface area contributed by atoms with E-state index in [0.717, 1.165) is 0 Å². The van der Waals surface area contributed by atoms with Crippen LogP contribution in [0.25, 0.3) is 0 Å². The van der Waals surface area contributed by atoms with Gasteiger partial charge in [0.15, 0.2) is 25.6 Å². The van der Waals surface area contributed by atoms with Gasteiger partial charge in [0.05, 0.1) is 29.9 Å². The second-order valence-corrected chi connectivity index (χ2v) is 18.2. The number of phenols is 1.